The molecule has 0 aliphatic carbocycles. The normalized spacial score (nSPS) is 10.0. The van der Waals surface area contributed by atoms with Gasteiger partial charge in [-0.05, 0) is 36.1 Å². The largest absolute Gasteiger partial charge is 0.489 e. The molecule has 0 aromatic heterocycles. The van der Waals surface area contributed by atoms with Gasteiger partial charge in [0.05, 0.1) is 6.61 Å². The van der Waals surface area contributed by atoms with E-state index in [1.165, 1.54) is 5.56 Å². The van der Waals surface area contributed by atoms with Crippen molar-refractivity contribution in [3.8, 4) is 5.75 Å². The Morgan fingerprint density at radius 3 is 2.35 bits per heavy atom. The monoisotopic (exact) mass is 270 g/mol. The lowest BCUT2D eigenvalue weighted by molar-refractivity contribution is -0.128. The van der Waals surface area contributed by atoms with Crippen LogP contribution in [0, 0.1) is 0 Å². The Bertz CT molecular complexity index is 506. The minimum absolute atomic E-state index is 0.468. The zero-order chi connectivity index (χ0) is 14.0. The molecular formula is C17H18O3. The third kappa shape index (κ3) is 4.76. The quantitative estimate of drug-likeness (QED) is 0.545. The Balaban J connectivity index is 1.78. The Morgan fingerprint density at radius 1 is 0.900 bits per heavy atom. The van der Waals surface area contributed by atoms with Crippen molar-refractivity contribution in [3.63, 3.8) is 0 Å². The van der Waals surface area contributed by atoms with Gasteiger partial charge in [0, 0.05) is 0 Å². The van der Waals surface area contributed by atoms with E-state index in [1.54, 1.807) is 0 Å². The molecule has 0 radical (unpaired) electrons. The van der Waals surface area contributed by atoms with Crippen LogP contribution in [0.1, 0.15) is 17.5 Å². The molecule has 2 aromatic carbocycles. The third-order valence-electron chi connectivity index (χ3n) is 2.97. The van der Waals surface area contributed by atoms with Crippen molar-refractivity contribution in [2.75, 3.05) is 6.61 Å². The van der Waals surface area contributed by atoms with E-state index in [0.29, 0.717) is 19.7 Å². The second kappa shape index (κ2) is 8.00. The van der Waals surface area contributed by atoms with E-state index in [9.17, 15) is 4.79 Å². The van der Waals surface area contributed by atoms with Crippen LogP contribution in [0.3, 0.4) is 0 Å². The predicted molar refractivity (Wildman–Crippen MR) is 77.6 cm³/mol. The second-order valence-electron chi connectivity index (χ2n) is 4.49. The minimum Gasteiger partial charge on any atom is -0.489 e. The van der Waals surface area contributed by atoms with Crippen molar-refractivity contribution >= 4 is 6.47 Å². The fraction of sp³-hybridized carbons (Fsp3) is 0.235. The standard InChI is InChI=1S/C17H18O3/c18-14-19-12-4-7-15-8-10-17(11-9-15)20-13-16-5-2-1-3-6-16/h1-3,5-6,8-11,14H,4,7,12-13H2. The lowest BCUT2D eigenvalue weighted by Crippen LogP contribution is -1.96. The van der Waals surface area contributed by atoms with Gasteiger partial charge in [0.15, 0.2) is 0 Å². The summed E-state index contributed by atoms with van der Waals surface area (Å²) >= 11 is 0. The smallest absolute Gasteiger partial charge is 0.293 e. The first kappa shape index (κ1) is 14.1. The van der Waals surface area contributed by atoms with Crippen LogP contribution in [-0.2, 0) is 22.6 Å². The maximum absolute atomic E-state index is 10.0. The summed E-state index contributed by atoms with van der Waals surface area (Å²) in [6, 6.07) is 18.1. The molecule has 20 heavy (non-hydrogen) atoms. The number of carbonyl (C=O) groups excluding carboxylic acids is 1. The van der Waals surface area contributed by atoms with Gasteiger partial charge in [-0.25, -0.2) is 0 Å². The number of aryl methyl sites for hydroxylation is 1. The van der Waals surface area contributed by atoms with Gasteiger partial charge in [-0.2, -0.15) is 0 Å². The highest BCUT2D eigenvalue weighted by atomic mass is 16.5. The van der Waals surface area contributed by atoms with Gasteiger partial charge in [-0.15, -0.1) is 0 Å². The molecule has 2 aromatic rings. The van der Waals surface area contributed by atoms with Gasteiger partial charge < -0.3 is 9.47 Å². The number of hydrogen-bond acceptors (Lipinski definition) is 3. The Morgan fingerprint density at radius 2 is 1.65 bits per heavy atom. The van der Waals surface area contributed by atoms with Crippen LogP contribution < -0.4 is 4.74 Å². The number of ether oxygens (including phenoxy) is 2. The number of rotatable bonds is 8. The molecule has 0 amide bonds. The van der Waals surface area contributed by atoms with Gasteiger partial charge in [0.25, 0.3) is 6.47 Å². The van der Waals surface area contributed by atoms with E-state index in [-0.39, 0.29) is 0 Å². The van der Waals surface area contributed by atoms with Crippen LogP contribution in [-0.4, -0.2) is 13.1 Å². The van der Waals surface area contributed by atoms with Crippen LogP contribution in [0.4, 0.5) is 0 Å². The van der Waals surface area contributed by atoms with E-state index in [4.69, 9.17) is 4.74 Å². The lowest BCUT2D eigenvalue weighted by Gasteiger charge is -2.07. The first-order chi connectivity index (χ1) is 9.88. The summed E-state index contributed by atoms with van der Waals surface area (Å²) in [5, 5.41) is 0. The topological polar surface area (TPSA) is 35.5 Å². The molecule has 2 rings (SSSR count). The fourth-order valence-corrected chi connectivity index (χ4v) is 1.90. The van der Waals surface area contributed by atoms with Crippen molar-refractivity contribution < 1.29 is 14.3 Å². The Labute approximate surface area is 119 Å². The van der Waals surface area contributed by atoms with Gasteiger partial charge in [-0.1, -0.05) is 42.5 Å². The number of hydrogen-bond donors (Lipinski definition) is 0. The molecule has 3 heteroatoms. The molecule has 0 saturated carbocycles. The Hall–Kier alpha value is -2.29. The molecule has 0 aliphatic rings. The highest BCUT2D eigenvalue weighted by molar-refractivity contribution is 5.36. The average Bonchev–Trinajstić information content (AvgIpc) is 2.52. The molecule has 0 spiro atoms. The summed E-state index contributed by atoms with van der Waals surface area (Å²) in [5.74, 6) is 0.863. The summed E-state index contributed by atoms with van der Waals surface area (Å²) in [6.07, 6.45) is 1.73. The highest BCUT2D eigenvalue weighted by Crippen LogP contribution is 2.15. The molecule has 0 atom stereocenters. The molecule has 0 bridgehead atoms. The number of carbonyl (C=O) groups is 1. The van der Waals surface area contributed by atoms with Crippen molar-refractivity contribution in [2.45, 2.75) is 19.4 Å². The molecule has 0 fully saturated rings. The zero-order valence-electron chi connectivity index (χ0n) is 11.3. The maximum atomic E-state index is 10.0. The van der Waals surface area contributed by atoms with Crippen LogP contribution >= 0.6 is 0 Å². The summed E-state index contributed by atoms with van der Waals surface area (Å²) in [6.45, 7) is 1.53. The molecule has 0 aliphatic heterocycles. The maximum Gasteiger partial charge on any atom is 0.293 e. The first-order valence-corrected chi connectivity index (χ1v) is 6.69. The SMILES string of the molecule is O=COCCCc1ccc(OCc2ccccc2)cc1. The summed E-state index contributed by atoms with van der Waals surface area (Å²) in [5.41, 5.74) is 2.37. The van der Waals surface area contributed by atoms with E-state index >= 15 is 0 Å². The number of benzene rings is 2. The van der Waals surface area contributed by atoms with E-state index < -0.39 is 0 Å². The summed E-state index contributed by atoms with van der Waals surface area (Å²) < 4.78 is 10.4. The fourth-order valence-electron chi connectivity index (χ4n) is 1.90. The van der Waals surface area contributed by atoms with Gasteiger partial charge in [0.1, 0.15) is 12.4 Å². The molecule has 0 N–H and O–H groups in total. The van der Waals surface area contributed by atoms with Crippen molar-refractivity contribution in [1.29, 1.82) is 0 Å². The Kier molecular flexibility index (Phi) is 5.65. The van der Waals surface area contributed by atoms with Crippen molar-refractivity contribution in [2.24, 2.45) is 0 Å². The van der Waals surface area contributed by atoms with Gasteiger partial charge in [0.2, 0.25) is 0 Å². The molecule has 104 valence electrons. The van der Waals surface area contributed by atoms with E-state index in [2.05, 4.69) is 4.74 Å². The third-order valence-corrected chi connectivity index (χ3v) is 2.97. The van der Waals surface area contributed by atoms with Gasteiger partial charge >= 0.3 is 0 Å². The molecule has 0 saturated heterocycles. The molecule has 0 heterocycles. The molecule has 0 unspecified atom stereocenters. The zero-order valence-corrected chi connectivity index (χ0v) is 11.3. The summed E-state index contributed by atoms with van der Waals surface area (Å²) in [7, 11) is 0. The van der Waals surface area contributed by atoms with Crippen LogP contribution in [0.5, 0.6) is 5.75 Å². The average molecular weight is 270 g/mol. The summed E-state index contributed by atoms with van der Waals surface area (Å²) in [4.78, 5) is 10.0. The van der Waals surface area contributed by atoms with Crippen LogP contribution in [0.2, 0.25) is 0 Å². The van der Waals surface area contributed by atoms with Crippen molar-refractivity contribution in [3.05, 3.63) is 65.7 Å². The molecule has 3 nitrogen and oxygen atoms in total. The van der Waals surface area contributed by atoms with Gasteiger partial charge in [-0.3, -0.25) is 4.79 Å². The molecular weight excluding hydrogens is 252 g/mol. The minimum atomic E-state index is 0.468. The van der Waals surface area contributed by atoms with E-state index in [0.717, 1.165) is 24.2 Å². The highest BCUT2D eigenvalue weighted by Gasteiger charge is 1.97. The van der Waals surface area contributed by atoms with Crippen LogP contribution in [0.25, 0.3) is 0 Å². The second-order valence-corrected chi connectivity index (χ2v) is 4.49. The van der Waals surface area contributed by atoms with Crippen molar-refractivity contribution in [1.82, 2.24) is 0 Å². The first-order valence-electron chi connectivity index (χ1n) is 6.69. The lowest BCUT2D eigenvalue weighted by atomic mass is 10.1. The predicted octanol–water partition coefficient (Wildman–Crippen LogP) is 3.37. The van der Waals surface area contributed by atoms with E-state index in [1.807, 2.05) is 54.6 Å². The van der Waals surface area contributed by atoms with Crippen LogP contribution in [0.15, 0.2) is 54.6 Å².